The molecule has 0 heterocycles. The van der Waals surface area contributed by atoms with E-state index in [4.69, 9.17) is 1.37 Å². The second-order valence-corrected chi connectivity index (χ2v) is 2.27. The summed E-state index contributed by atoms with van der Waals surface area (Å²) < 4.78 is 7.38. The van der Waals surface area contributed by atoms with E-state index in [1.807, 2.05) is 36.4 Å². The first-order valence-electron chi connectivity index (χ1n) is 3.82. The van der Waals surface area contributed by atoms with Gasteiger partial charge in [-0.15, -0.1) is 0 Å². The summed E-state index contributed by atoms with van der Waals surface area (Å²) in [6.07, 6.45) is 0. The lowest BCUT2D eigenvalue weighted by Crippen LogP contribution is -1.67. The maximum Gasteiger partial charge on any atom is 0.0623 e. The van der Waals surface area contributed by atoms with Crippen molar-refractivity contribution in [1.82, 2.24) is 0 Å². The van der Waals surface area contributed by atoms with Crippen LogP contribution < -0.4 is 0 Å². The molecule has 0 unspecified atom stereocenters. The van der Waals surface area contributed by atoms with Gasteiger partial charge in [0.25, 0.3) is 0 Å². The van der Waals surface area contributed by atoms with Crippen LogP contribution in [0.5, 0.6) is 0 Å². The Morgan fingerprint density at radius 2 is 1.40 bits per heavy atom. The lowest BCUT2D eigenvalue weighted by molar-refractivity contribution is 1.75. The van der Waals surface area contributed by atoms with E-state index in [0.717, 1.165) is 5.39 Å². The van der Waals surface area contributed by atoms with Crippen molar-refractivity contribution >= 4 is 10.8 Å². The van der Waals surface area contributed by atoms with E-state index in [-0.39, 0.29) is 0 Å². The third-order valence-electron chi connectivity index (χ3n) is 1.59. The van der Waals surface area contributed by atoms with Crippen LogP contribution in [0.2, 0.25) is 0 Å². The van der Waals surface area contributed by atoms with Crippen LogP contribution in [0.15, 0.2) is 48.5 Å². The highest BCUT2D eigenvalue weighted by Crippen LogP contribution is 2.11. The van der Waals surface area contributed by atoms with Gasteiger partial charge in [-0.3, -0.25) is 0 Å². The Labute approximate surface area is 61.5 Å². The van der Waals surface area contributed by atoms with E-state index < -0.39 is 0 Å². The van der Waals surface area contributed by atoms with Crippen molar-refractivity contribution in [3.8, 4) is 0 Å². The zero-order chi connectivity index (χ0) is 7.68. The molecule has 0 nitrogen and oxygen atoms in total. The molecule has 0 atom stereocenters. The molecule has 0 saturated carbocycles. The average Bonchev–Trinajstić information content (AvgIpc) is 2.04. The molecular formula is C10H8. The summed E-state index contributed by atoms with van der Waals surface area (Å²) in [4.78, 5) is 0. The first-order valence-corrected chi connectivity index (χ1v) is 3.32. The summed E-state index contributed by atoms with van der Waals surface area (Å²) in [5.74, 6) is 0. The average molecular weight is 129 g/mol. The molecule has 0 radical (unpaired) electrons. The normalized spacial score (nSPS) is 11.4. The van der Waals surface area contributed by atoms with Crippen molar-refractivity contribution in [2.24, 2.45) is 0 Å². The Balaban J connectivity index is 2.83. The number of benzene rings is 2. The highest BCUT2D eigenvalue weighted by Gasteiger charge is 1.85. The second kappa shape index (κ2) is 2.14. The number of fused-ring (bicyclic) bond motifs is 1. The summed E-state index contributed by atoms with van der Waals surface area (Å²) in [5.41, 5.74) is 0. The zero-order valence-corrected chi connectivity index (χ0v) is 5.54. The second-order valence-electron chi connectivity index (χ2n) is 2.27. The molecule has 48 valence electrons. The highest BCUT2D eigenvalue weighted by atomic mass is 13.9. The van der Waals surface area contributed by atoms with Gasteiger partial charge in [-0.25, -0.2) is 0 Å². The third-order valence-corrected chi connectivity index (χ3v) is 1.59. The molecule has 10 heavy (non-hydrogen) atoms. The molecule has 0 aliphatic heterocycles. The predicted molar refractivity (Wildman–Crippen MR) is 43.9 cm³/mol. The maximum absolute atomic E-state index is 7.38. The minimum atomic E-state index is 0.573. The van der Waals surface area contributed by atoms with Crippen molar-refractivity contribution in [2.75, 3.05) is 0 Å². The van der Waals surface area contributed by atoms with Gasteiger partial charge in [0.2, 0.25) is 0 Å². The number of rotatable bonds is 0. The number of hydrogen-bond acceptors (Lipinski definition) is 0. The Morgan fingerprint density at radius 1 is 0.800 bits per heavy atom. The Morgan fingerprint density at radius 3 is 2.20 bits per heavy atom. The molecule has 0 saturated heterocycles. The van der Waals surface area contributed by atoms with Crippen molar-refractivity contribution in [1.29, 1.82) is 0 Å². The molecule has 0 spiro atoms. The minimum absolute atomic E-state index is 0.573. The van der Waals surface area contributed by atoms with Gasteiger partial charge < -0.3 is 0 Å². The fourth-order valence-corrected chi connectivity index (χ4v) is 1.07. The molecule has 0 aromatic heterocycles. The number of hydrogen-bond donors (Lipinski definition) is 0. The van der Waals surface area contributed by atoms with E-state index in [0.29, 0.717) is 6.04 Å². The molecule has 0 aliphatic carbocycles. The van der Waals surface area contributed by atoms with Gasteiger partial charge >= 0.3 is 0 Å². The van der Waals surface area contributed by atoms with Gasteiger partial charge in [-0.1, -0.05) is 48.5 Å². The van der Waals surface area contributed by atoms with Crippen molar-refractivity contribution in [2.45, 2.75) is 0 Å². The van der Waals surface area contributed by atoms with Crippen LogP contribution in [-0.4, -0.2) is 0 Å². The fourth-order valence-electron chi connectivity index (χ4n) is 1.07. The smallest absolute Gasteiger partial charge is 0.0616 e. The summed E-state index contributed by atoms with van der Waals surface area (Å²) in [7, 11) is 0. The Kier molecular flexibility index (Phi) is 0.966. The summed E-state index contributed by atoms with van der Waals surface area (Å²) in [6.45, 7) is 0. The van der Waals surface area contributed by atoms with Crippen molar-refractivity contribution in [3.05, 3.63) is 48.5 Å². The summed E-state index contributed by atoms with van der Waals surface area (Å²) in [5, 5.41) is 2.34. The summed E-state index contributed by atoms with van der Waals surface area (Å²) in [6, 6.07) is 14.3. The molecule has 2 aromatic rings. The molecule has 0 aliphatic rings. The lowest BCUT2D eigenvalue weighted by atomic mass is 10.1. The standard InChI is InChI=1S/C10H8/c1-2-6-10-8-4-3-7-9(10)5-1/h1-8H/i1D. The van der Waals surface area contributed by atoms with Crippen LogP contribution in [0.1, 0.15) is 1.37 Å². The summed E-state index contributed by atoms with van der Waals surface area (Å²) >= 11 is 0. The van der Waals surface area contributed by atoms with Crippen LogP contribution in [0.25, 0.3) is 10.8 Å². The van der Waals surface area contributed by atoms with Crippen LogP contribution in [0.3, 0.4) is 0 Å². The molecule has 0 fully saturated rings. The SMILES string of the molecule is [2H]c1ccc2ccccc2c1. The first-order chi connectivity index (χ1) is 5.36. The quantitative estimate of drug-likeness (QED) is 0.513. The van der Waals surface area contributed by atoms with Crippen molar-refractivity contribution < 1.29 is 1.37 Å². The monoisotopic (exact) mass is 129 g/mol. The molecule has 0 heteroatoms. The van der Waals surface area contributed by atoms with Gasteiger partial charge in [0, 0.05) is 0 Å². The topological polar surface area (TPSA) is 0 Å². The van der Waals surface area contributed by atoms with Gasteiger partial charge in [0.05, 0.1) is 1.37 Å². The van der Waals surface area contributed by atoms with E-state index in [1.165, 1.54) is 5.39 Å². The van der Waals surface area contributed by atoms with Crippen LogP contribution in [0, 0.1) is 0 Å². The lowest BCUT2D eigenvalue weighted by Gasteiger charge is -1.92. The molecular weight excluding hydrogens is 120 g/mol. The molecule has 2 rings (SSSR count). The molecule has 0 bridgehead atoms. The van der Waals surface area contributed by atoms with Gasteiger partial charge in [-0.2, -0.15) is 0 Å². The highest BCUT2D eigenvalue weighted by molar-refractivity contribution is 5.81. The Bertz CT molecular complexity index is 379. The van der Waals surface area contributed by atoms with Crippen LogP contribution in [0.4, 0.5) is 0 Å². The van der Waals surface area contributed by atoms with Crippen LogP contribution >= 0.6 is 0 Å². The van der Waals surface area contributed by atoms with Gasteiger partial charge in [0.1, 0.15) is 0 Å². The van der Waals surface area contributed by atoms with Gasteiger partial charge in [-0.05, 0) is 10.8 Å². The van der Waals surface area contributed by atoms with E-state index >= 15 is 0 Å². The third kappa shape index (κ3) is 0.781. The molecule has 0 N–H and O–H groups in total. The Hall–Kier alpha value is -1.30. The molecule has 0 amide bonds. The van der Waals surface area contributed by atoms with Gasteiger partial charge in [0.15, 0.2) is 0 Å². The van der Waals surface area contributed by atoms with Crippen molar-refractivity contribution in [3.63, 3.8) is 0 Å². The van der Waals surface area contributed by atoms with E-state index in [9.17, 15) is 0 Å². The maximum atomic E-state index is 7.38. The largest absolute Gasteiger partial charge is 0.0623 e. The predicted octanol–water partition coefficient (Wildman–Crippen LogP) is 2.84. The minimum Gasteiger partial charge on any atom is -0.0616 e. The van der Waals surface area contributed by atoms with Crippen LogP contribution in [-0.2, 0) is 0 Å². The zero-order valence-electron chi connectivity index (χ0n) is 6.54. The van der Waals surface area contributed by atoms with E-state index in [2.05, 4.69) is 6.07 Å². The first kappa shape index (κ1) is 4.51. The molecule has 2 aromatic carbocycles. The van der Waals surface area contributed by atoms with E-state index in [1.54, 1.807) is 0 Å². The fraction of sp³-hybridized carbons (Fsp3) is 0.